The molecule has 0 spiro atoms. The molecular formula is C34H37N5O3. The molecule has 4 aliphatic carbocycles. The van der Waals surface area contributed by atoms with Crippen molar-refractivity contribution in [1.82, 2.24) is 5.32 Å². The minimum atomic E-state index is -1.38. The van der Waals surface area contributed by atoms with Gasteiger partial charge in [-0.15, -0.1) is 0 Å². The first-order valence-corrected chi connectivity index (χ1v) is 15.0. The van der Waals surface area contributed by atoms with Gasteiger partial charge in [-0.25, -0.2) is 4.79 Å². The van der Waals surface area contributed by atoms with E-state index in [0.717, 1.165) is 48.9 Å². The number of nitrogens with one attached hydrogen (secondary N) is 2. The third kappa shape index (κ3) is 4.59. The lowest BCUT2D eigenvalue weighted by molar-refractivity contribution is -0.130. The second kappa shape index (κ2) is 10.5. The van der Waals surface area contributed by atoms with Gasteiger partial charge in [-0.3, -0.25) is 14.5 Å². The van der Waals surface area contributed by atoms with Crippen molar-refractivity contribution in [2.45, 2.75) is 44.2 Å². The number of carbonyl (C=O) groups is 3. The molecule has 3 aromatic rings. The maximum Gasteiger partial charge on any atom is 0.320 e. The lowest BCUT2D eigenvalue weighted by Gasteiger charge is -2.57. The Bertz CT molecular complexity index is 1490. The predicted octanol–water partition coefficient (Wildman–Crippen LogP) is 5.78. The van der Waals surface area contributed by atoms with Crippen LogP contribution in [0.3, 0.4) is 0 Å². The molecule has 8 nitrogen and oxygen atoms in total. The summed E-state index contributed by atoms with van der Waals surface area (Å²) in [6.45, 7) is 0. The van der Waals surface area contributed by atoms with Gasteiger partial charge in [0.25, 0.3) is 11.8 Å². The summed E-state index contributed by atoms with van der Waals surface area (Å²) in [4.78, 5) is 48.0. The summed E-state index contributed by atoms with van der Waals surface area (Å²) in [5, 5.41) is 5.65. The molecule has 5 aliphatic rings. The van der Waals surface area contributed by atoms with Gasteiger partial charge in [-0.05, 0) is 98.2 Å². The number of urea groups is 1. The first-order chi connectivity index (χ1) is 20.4. The zero-order valence-electron chi connectivity index (χ0n) is 24.1. The quantitative estimate of drug-likeness (QED) is 0.386. The average Bonchev–Trinajstić information content (AvgIpc) is 3.06. The van der Waals surface area contributed by atoms with Gasteiger partial charge in [0.05, 0.1) is 11.4 Å². The number of amides is 4. The highest BCUT2D eigenvalue weighted by atomic mass is 16.2. The molecule has 42 heavy (non-hydrogen) atoms. The second-order valence-electron chi connectivity index (χ2n) is 12.6. The smallest absolute Gasteiger partial charge is 0.320 e. The fourth-order valence-corrected chi connectivity index (χ4v) is 8.22. The Morgan fingerprint density at radius 3 is 2.07 bits per heavy atom. The van der Waals surface area contributed by atoms with Crippen molar-refractivity contribution < 1.29 is 14.4 Å². The molecule has 4 amide bonds. The minimum absolute atomic E-state index is 0.0131. The van der Waals surface area contributed by atoms with Gasteiger partial charge in [-0.1, -0.05) is 36.4 Å². The molecule has 8 rings (SSSR count). The Morgan fingerprint density at radius 2 is 1.40 bits per heavy atom. The van der Waals surface area contributed by atoms with Crippen LogP contribution in [0.4, 0.5) is 33.2 Å². The molecule has 1 atom stereocenters. The van der Waals surface area contributed by atoms with Crippen molar-refractivity contribution in [3.05, 3.63) is 78.9 Å². The number of rotatable bonds is 5. The second-order valence-corrected chi connectivity index (χ2v) is 12.6. The summed E-state index contributed by atoms with van der Waals surface area (Å²) in [5.41, 5.74) is 3.56. The molecule has 1 aliphatic heterocycles. The molecule has 0 saturated heterocycles. The fraction of sp³-hybridized carbons (Fsp3) is 0.382. The van der Waals surface area contributed by atoms with E-state index in [1.165, 1.54) is 6.42 Å². The van der Waals surface area contributed by atoms with E-state index in [9.17, 15) is 14.4 Å². The molecule has 2 N–H and O–H groups in total. The molecular weight excluding hydrogens is 526 g/mol. The van der Waals surface area contributed by atoms with Crippen molar-refractivity contribution in [2.24, 2.45) is 23.7 Å². The zero-order chi connectivity index (χ0) is 29.0. The predicted molar refractivity (Wildman–Crippen MR) is 165 cm³/mol. The highest BCUT2D eigenvalue weighted by Crippen LogP contribution is 2.56. The van der Waals surface area contributed by atoms with Gasteiger partial charge >= 0.3 is 6.03 Å². The molecule has 8 heteroatoms. The standard InChI is InChI=1S/C34H37N5O3/c1-37(2)27-12-8-9-25(20-27)35-34(42)36-30-32(40)38(26-10-4-3-5-11-26)28-13-6-7-14-29(28)39(33(30)41)31-23-16-21-15-22(18-23)19-24(31)17-21/h3-14,20-24,30-31H,15-19H2,1-2H3,(H2,35,36,42). The maximum atomic E-state index is 14.7. The van der Waals surface area contributed by atoms with Crippen molar-refractivity contribution in [2.75, 3.05) is 34.1 Å². The Morgan fingerprint density at radius 1 is 0.762 bits per heavy atom. The Kier molecular flexibility index (Phi) is 6.64. The number of anilines is 5. The number of benzene rings is 3. The summed E-state index contributed by atoms with van der Waals surface area (Å²) in [6, 6.07) is 22.5. The van der Waals surface area contributed by atoms with Gasteiger partial charge < -0.3 is 20.4 Å². The van der Waals surface area contributed by atoms with Gasteiger partial charge in [-0.2, -0.15) is 0 Å². The molecule has 216 valence electrons. The number of fused-ring (bicyclic) bond motifs is 1. The summed E-state index contributed by atoms with van der Waals surface area (Å²) < 4.78 is 0. The fourth-order valence-electron chi connectivity index (χ4n) is 8.22. The van der Waals surface area contributed by atoms with E-state index in [1.807, 2.05) is 96.7 Å². The zero-order valence-corrected chi connectivity index (χ0v) is 24.1. The van der Waals surface area contributed by atoms with E-state index in [0.29, 0.717) is 28.9 Å². The molecule has 4 saturated carbocycles. The molecule has 1 unspecified atom stereocenters. The normalized spacial score (nSPS) is 27.9. The summed E-state index contributed by atoms with van der Waals surface area (Å²) in [5.74, 6) is 1.45. The van der Waals surface area contributed by atoms with E-state index in [-0.39, 0.29) is 11.9 Å². The third-order valence-electron chi connectivity index (χ3n) is 9.72. The third-order valence-corrected chi connectivity index (χ3v) is 9.72. The van der Waals surface area contributed by atoms with Crippen molar-refractivity contribution in [3.8, 4) is 0 Å². The van der Waals surface area contributed by atoms with E-state index >= 15 is 0 Å². The number of hydrogen-bond acceptors (Lipinski definition) is 4. The number of hydrogen-bond donors (Lipinski definition) is 2. The SMILES string of the molecule is CN(C)c1cccc(NC(=O)NC2C(=O)N(c3ccccc3)c3ccccc3N(C3C4CC5CC(C4)CC3C5)C2=O)c1. The van der Waals surface area contributed by atoms with Crippen LogP contribution in [0.1, 0.15) is 32.1 Å². The Balaban J connectivity index is 1.28. The van der Waals surface area contributed by atoms with Gasteiger partial charge in [0.2, 0.25) is 0 Å². The summed E-state index contributed by atoms with van der Waals surface area (Å²) >= 11 is 0. The molecule has 4 bridgehead atoms. The first kappa shape index (κ1) is 26.6. The van der Waals surface area contributed by atoms with E-state index < -0.39 is 18.0 Å². The highest BCUT2D eigenvalue weighted by molar-refractivity contribution is 6.24. The number of carbonyl (C=O) groups excluding carboxylic acids is 3. The molecule has 0 radical (unpaired) electrons. The van der Waals surface area contributed by atoms with Crippen LogP contribution < -0.4 is 25.3 Å². The van der Waals surface area contributed by atoms with Crippen molar-refractivity contribution in [3.63, 3.8) is 0 Å². The first-order valence-electron chi connectivity index (χ1n) is 15.0. The maximum absolute atomic E-state index is 14.7. The van der Waals surface area contributed by atoms with Crippen LogP contribution in [-0.4, -0.2) is 44.0 Å². The van der Waals surface area contributed by atoms with Crippen molar-refractivity contribution >= 4 is 46.3 Å². The summed E-state index contributed by atoms with van der Waals surface area (Å²) in [7, 11) is 3.85. The number of nitrogens with zero attached hydrogens (tertiary/aromatic N) is 3. The molecule has 3 aromatic carbocycles. The average molecular weight is 564 g/mol. The van der Waals surface area contributed by atoms with Crippen LogP contribution in [0, 0.1) is 23.7 Å². The lowest BCUT2D eigenvalue weighted by atomic mass is 9.53. The largest absolute Gasteiger partial charge is 0.378 e. The highest BCUT2D eigenvalue weighted by Gasteiger charge is 2.54. The van der Waals surface area contributed by atoms with E-state index in [4.69, 9.17) is 0 Å². The molecule has 0 aromatic heterocycles. The van der Waals surface area contributed by atoms with Crippen LogP contribution in [0.5, 0.6) is 0 Å². The van der Waals surface area contributed by atoms with Crippen LogP contribution in [0.2, 0.25) is 0 Å². The lowest BCUT2D eigenvalue weighted by Crippen LogP contribution is -2.62. The Hall–Kier alpha value is -4.33. The monoisotopic (exact) mass is 563 g/mol. The van der Waals surface area contributed by atoms with Crippen molar-refractivity contribution in [1.29, 1.82) is 0 Å². The van der Waals surface area contributed by atoms with E-state index in [2.05, 4.69) is 10.6 Å². The summed E-state index contributed by atoms with van der Waals surface area (Å²) in [6.07, 6.45) is 5.81. The van der Waals surface area contributed by atoms with Gasteiger partial charge in [0.1, 0.15) is 0 Å². The van der Waals surface area contributed by atoms with Crippen LogP contribution >= 0.6 is 0 Å². The topological polar surface area (TPSA) is 85.0 Å². The van der Waals surface area contributed by atoms with Gasteiger partial charge in [0.15, 0.2) is 6.04 Å². The Labute approximate surface area is 246 Å². The van der Waals surface area contributed by atoms with Crippen LogP contribution in [-0.2, 0) is 9.59 Å². The van der Waals surface area contributed by atoms with Crippen LogP contribution in [0.15, 0.2) is 78.9 Å². The van der Waals surface area contributed by atoms with E-state index in [1.54, 1.807) is 11.0 Å². The van der Waals surface area contributed by atoms with Crippen LogP contribution in [0.25, 0.3) is 0 Å². The van der Waals surface area contributed by atoms with Gasteiger partial charge in [0, 0.05) is 37.2 Å². The molecule has 1 heterocycles. The molecule has 4 fully saturated rings. The minimum Gasteiger partial charge on any atom is -0.378 e. The number of para-hydroxylation sites is 3.